The normalized spacial score (nSPS) is 9.91. The van der Waals surface area contributed by atoms with Gasteiger partial charge in [0.2, 0.25) is 0 Å². The third-order valence-electron chi connectivity index (χ3n) is 1.58. The van der Waals surface area contributed by atoms with Crippen LogP contribution in [-0.2, 0) is 6.42 Å². The number of benzene rings is 1. The summed E-state index contributed by atoms with van der Waals surface area (Å²) in [5, 5.41) is 0. The van der Waals surface area contributed by atoms with E-state index in [1.807, 2.05) is 6.07 Å². The highest BCUT2D eigenvalue weighted by atomic mass is 79.9. The SMILES string of the molecule is BrNCCCc1ccccc1. The second-order valence-corrected chi connectivity index (χ2v) is 3.03. The van der Waals surface area contributed by atoms with Crippen LogP contribution in [0.1, 0.15) is 12.0 Å². The molecule has 0 heterocycles. The van der Waals surface area contributed by atoms with Crippen molar-refractivity contribution in [1.82, 2.24) is 4.34 Å². The van der Waals surface area contributed by atoms with E-state index in [0.29, 0.717) is 0 Å². The first-order valence-corrected chi connectivity index (χ1v) is 4.60. The number of hydrogen-bond donors (Lipinski definition) is 1. The molecule has 1 rings (SSSR count). The zero-order chi connectivity index (χ0) is 7.94. The maximum absolute atomic E-state index is 3.17. The van der Waals surface area contributed by atoms with Crippen LogP contribution in [0.3, 0.4) is 0 Å². The van der Waals surface area contributed by atoms with Crippen molar-refractivity contribution in [3.8, 4) is 0 Å². The first kappa shape index (κ1) is 8.75. The number of hydrogen-bond acceptors (Lipinski definition) is 1. The van der Waals surface area contributed by atoms with Gasteiger partial charge < -0.3 is 0 Å². The van der Waals surface area contributed by atoms with Gasteiger partial charge in [-0.05, 0) is 18.4 Å². The molecule has 0 aliphatic rings. The quantitative estimate of drug-likeness (QED) is 0.599. The molecule has 0 unspecified atom stereocenters. The van der Waals surface area contributed by atoms with Gasteiger partial charge in [0.1, 0.15) is 0 Å². The minimum absolute atomic E-state index is 1.02. The number of rotatable bonds is 4. The molecule has 0 saturated heterocycles. The molecule has 0 amide bonds. The molecule has 0 aromatic heterocycles. The van der Waals surface area contributed by atoms with Gasteiger partial charge in [0.15, 0.2) is 0 Å². The lowest BCUT2D eigenvalue weighted by Gasteiger charge is -1.98. The highest BCUT2D eigenvalue weighted by Crippen LogP contribution is 2.01. The first-order valence-electron chi connectivity index (χ1n) is 3.81. The van der Waals surface area contributed by atoms with E-state index in [0.717, 1.165) is 13.0 Å². The first-order chi connectivity index (χ1) is 5.43. The minimum atomic E-state index is 1.02. The fourth-order valence-electron chi connectivity index (χ4n) is 1.00. The van der Waals surface area contributed by atoms with Gasteiger partial charge in [-0.2, -0.15) is 0 Å². The van der Waals surface area contributed by atoms with Crippen molar-refractivity contribution in [2.75, 3.05) is 6.54 Å². The predicted molar refractivity (Wildman–Crippen MR) is 51.7 cm³/mol. The van der Waals surface area contributed by atoms with Gasteiger partial charge in [0, 0.05) is 22.7 Å². The molecule has 2 heteroatoms. The molecule has 0 radical (unpaired) electrons. The van der Waals surface area contributed by atoms with E-state index in [4.69, 9.17) is 0 Å². The van der Waals surface area contributed by atoms with Gasteiger partial charge in [0.25, 0.3) is 0 Å². The van der Waals surface area contributed by atoms with E-state index in [1.165, 1.54) is 12.0 Å². The van der Waals surface area contributed by atoms with Crippen LogP contribution in [0.2, 0.25) is 0 Å². The Morgan fingerprint density at radius 3 is 2.55 bits per heavy atom. The molecule has 1 nitrogen and oxygen atoms in total. The molecule has 0 spiro atoms. The van der Waals surface area contributed by atoms with Crippen LogP contribution < -0.4 is 4.34 Å². The molecule has 0 aliphatic heterocycles. The molecule has 0 saturated carbocycles. The van der Waals surface area contributed by atoms with Gasteiger partial charge in [-0.1, -0.05) is 30.3 Å². The molecule has 1 aromatic rings. The summed E-state index contributed by atoms with van der Waals surface area (Å²) in [6, 6.07) is 10.5. The Morgan fingerprint density at radius 1 is 1.18 bits per heavy atom. The van der Waals surface area contributed by atoms with Crippen LogP contribution in [0, 0.1) is 0 Å². The number of aryl methyl sites for hydroxylation is 1. The topological polar surface area (TPSA) is 12.0 Å². The van der Waals surface area contributed by atoms with Gasteiger partial charge >= 0.3 is 0 Å². The Bertz CT molecular complexity index is 186. The van der Waals surface area contributed by atoms with Crippen molar-refractivity contribution in [2.45, 2.75) is 12.8 Å². The third kappa shape index (κ3) is 3.54. The Balaban J connectivity index is 2.28. The Morgan fingerprint density at radius 2 is 1.91 bits per heavy atom. The Kier molecular flexibility index (Phi) is 4.24. The summed E-state index contributed by atoms with van der Waals surface area (Å²) in [6.45, 7) is 1.02. The molecule has 1 aromatic carbocycles. The average molecular weight is 214 g/mol. The molecule has 0 atom stereocenters. The van der Waals surface area contributed by atoms with Crippen LogP contribution in [0.15, 0.2) is 30.3 Å². The zero-order valence-electron chi connectivity index (χ0n) is 6.39. The lowest BCUT2D eigenvalue weighted by molar-refractivity contribution is 0.805. The molecular formula is C9H12BrN. The largest absolute Gasteiger partial charge is 0.256 e. The van der Waals surface area contributed by atoms with Gasteiger partial charge in [-0.25, -0.2) is 0 Å². The van der Waals surface area contributed by atoms with Crippen LogP contribution >= 0.6 is 16.1 Å². The maximum atomic E-state index is 3.17. The van der Waals surface area contributed by atoms with E-state index in [2.05, 4.69) is 44.8 Å². The van der Waals surface area contributed by atoms with Crippen LogP contribution in [0.25, 0.3) is 0 Å². The van der Waals surface area contributed by atoms with E-state index in [-0.39, 0.29) is 0 Å². The average Bonchev–Trinajstić information content (AvgIpc) is 2.07. The van der Waals surface area contributed by atoms with E-state index < -0.39 is 0 Å². The fourth-order valence-corrected chi connectivity index (χ4v) is 1.28. The van der Waals surface area contributed by atoms with Crippen molar-refractivity contribution in [1.29, 1.82) is 0 Å². The summed E-state index contributed by atoms with van der Waals surface area (Å²) < 4.78 is 2.95. The minimum Gasteiger partial charge on any atom is -0.256 e. The van der Waals surface area contributed by atoms with Gasteiger partial charge in [-0.3, -0.25) is 4.34 Å². The van der Waals surface area contributed by atoms with Gasteiger partial charge in [-0.15, -0.1) is 0 Å². The lowest BCUT2D eigenvalue weighted by atomic mass is 10.1. The van der Waals surface area contributed by atoms with E-state index in [1.54, 1.807) is 0 Å². The Labute approximate surface area is 76.2 Å². The van der Waals surface area contributed by atoms with Crippen molar-refractivity contribution in [2.24, 2.45) is 0 Å². The number of nitrogens with one attached hydrogen (secondary N) is 1. The summed E-state index contributed by atoms with van der Waals surface area (Å²) in [6.07, 6.45) is 2.33. The smallest absolute Gasteiger partial charge is 0.00875 e. The molecular weight excluding hydrogens is 202 g/mol. The second-order valence-electron chi connectivity index (χ2n) is 2.47. The van der Waals surface area contributed by atoms with Crippen LogP contribution in [0.5, 0.6) is 0 Å². The summed E-state index contributed by atoms with van der Waals surface area (Å²) >= 11 is 3.17. The fraction of sp³-hybridized carbons (Fsp3) is 0.333. The monoisotopic (exact) mass is 213 g/mol. The predicted octanol–water partition coefficient (Wildman–Crippen LogP) is 2.52. The highest BCUT2D eigenvalue weighted by molar-refractivity contribution is 9.08. The zero-order valence-corrected chi connectivity index (χ0v) is 7.97. The summed E-state index contributed by atoms with van der Waals surface area (Å²) in [7, 11) is 0. The molecule has 60 valence electrons. The van der Waals surface area contributed by atoms with E-state index in [9.17, 15) is 0 Å². The molecule has 0 fully saturated rings. The van der Waals surface area contributed by atoms with Crippen LogP contribution in [-0.4, -0.2) is 6.54 Å². The van der Waals surface area contributed by atoms with Crippen LogP contribution in [0.4, 0.5) is 0 Å². The molecule has 0 aliphatic carbocycles. The summed E-state index contributed by atoms with van der Waals surface area (Å²) in [4.78, 5) is 0. The van der Waals surface area contributed by atoms with Gasteiger partial charge in [0.05, 0.1) is 0 Å². The summed E-state index contributed by atoms with van der Waals surface area (Å²) in [5.41, 5.74) is 1.41. The maximum Gasteiger partial charge on any atom is 0.00875 e. The standard InChI is InChI=1S/C9H12BrN/c10-11-8-4-7-9-5-2-1-3-6-9/h1-3,5-6,11H,4,7-8H2. The van der Waals surface area contributed by atoms with Crippen molar-refractivity contribution >= 4 is 16.1 Å². The molecule has 11 heavy (non-hydrogen) atoms. The highest BCUT2D eigenvalue weighted by Gasteiger charge is 1.89. The second kappa shape index (κ2) is 5.33. The number of halogens is 1. The van der Waals surface area contributed by atoms with E-state index >= 15 is 0 Å². The Hall–Kier alpha value is -0.340. The van der Waals surface area contributed by atoms with Crippen molar-refractivity contribution in [3.63, 3.8) is 0 Å². The molecule has 1 N–H and O–H groups in total. The van der Waals surface area contributed by atoms with Crippen molar-refractivity contribution < 1.29 is 0 Å². The summed E-state index contributed by atoms with van der Waals surface area (Å²) in [5.74, 6) is 0. The third-order valence-corrected chi connectivity index (χ3v) is 1.98. The molecule has 0 bridgehead atoms. The lowest BCUT2D eigenvalue weighted by Crippen LogP contribution is -2.01. The van der Waals surface area contributed by atoms with Crippen molar-refractivity contribution in [3.05, 3.63) is 35.9 Å².